The van der Waals surface area contributed by atoms with Crippen molar-refractivity contribution in [1.82, 2.24) is 5.32 Å². The summed E-state index contributed by atoms with van der Waals surface area (Å²) in [4.78, 5) is 0. The average molecular weight is 294 g/mol. The van der Waals surface area contributed by atoms with Crippen molar-refractivity contribution in [2.45, 2.75) is 58.4 Å². The van der Waals surface area contributed by atoms with Gasteiger partial charge in [0.2, 0.25) is 0 Å². The molecule has 20 heavy (non-hydrogen) atoms. The molecule has 0 saturated carbocycles. The van der Waals surface area contributed by atoms with Crippen molar-refractivity contribution in [1.29, 1.82) is 0 Å². The molecule has 0 aliphatic carbocycles. The van der Waals surface area contributed by atoms with Crippen LogP contribution in [0, 0.1) is 0 Å². The van der Waals surface area contributed by atoms with Crippen LogP contribution >= 0.6 is 11.8 Å². The predicted molar refractivity (Wildman–Crippen MR) is 93.8 cm³/mol. The molecule has 0 aromatic heterocycles. The number of thioether (sulfide) groups is 1. The molecule has 1 nitrogen and oxygen atoms in total. The van der Waals surface area contributed by atoms with Gasteiger partial charge in [-0.05, 0) is 36.3 Å². The molecule has 0 aliphatic rings. The number of benzene rings is 1. The van der Waals surface area contributed by atoms with Crippen LogP contribution in [0.1, 0.15) is 52.5 Å². The zero-order chi connectivity index (χ0) is 14.8. The van der Waals surface area contributed by atoms with Crippen molar-refractivity contribution >= 4 is 11.8 Å². The Balaban J connectivity index is 2.79. The normalized spacial score (nSPS) is 14.4. The monoisotopic (exact) mass is 293 g/mol. The lowest BCUT2D eigenvalue weighted by atomic mass is 9.74. The highest BCUT2D eigenvalue weighted by Gasteiger charge is 2.29. The maximum absolute atomic E-state index is 3.67. The molecule has 114 valence electrons. The van der Waals surface area contributed by atoms with Gasteiger partial charge in [0.05, 0.1) is 0 Å². The van der Waals surface area contributed by atoms with E-state index in [9.17, 15) is 0 Å². The van der Waals surface area contributed by atoms with Gasteiger partial charge in [0.1, 0.15) is 0 Å². The van der Waals surface area contributed by atoms with E-state index in [1.807, 2.05) is 0 Å². The first-order chi connectivity index (χ1) is 9.64. The van der Waals surface area contributed by atoms with E-state index in [2.05, 4.69) is 75.1 Å². The molecule has 0 amide bonds. The summed E-state index contributed by atoms with van der Waals surface area (Å²) >= 11 is 2.06. The molecule has 0 bridgehead atoms. The van der Waals surface area contributed by atoms with Crippen LogP contribution in [0.25, 0.3) is 0 Å². The van der Waals surface area contributed by atoms with Crippen LogP contribution in [-0.2, 0) is 5.41 Å². The molecule has 0 aliphatic heterocycles. The molecule has 1 unspecified atom stereocenters. The molecule has 1 aromatic rings. The summed E-state index contributed by atoms with van der Waals surface area (Å²) in [5.74, 6) is 2.52. The zero-order valence-corrected chi connectivity index (χ0v) is 14.4. The Morgan fingerprint density at radius 3 is 2.40 bits per heavy atom. The minimum absolute atomic E-state index is 0.291. The Morgan fingerprint density at radius 1 is 1.15 bits per heavy atom. The first kappa shape index (κ1) is 17.6. The maximum Gasteiger partial charge on any atom is 0.00755 e. The topological polar surface area (TPSA) is 12.0 Å². The second-order valence-electron chi connectivity index (χ2n) is 5.84. The van der Waals surface area contributed by atoms with E-state index in [4.69, 9.17) is 0 Å². The lowest BCUT2D eigenvalue weighted by molar-refractivity contribution is 0.340. The highest BCUT2D eigenvalue weighted by Crippen LogP contribution is 2.33. The Bertz CT molecular complexity index is 350. The quantitative estimate of drug-likeness (QED) is 0.618. The molecule has 1 atom stereocenters. The molecule has 0 spiro atoms. The SMILES string of the molecule is CCSCCCC(CC)(CNC(C)C)c1ccccc1. The average Bonchev–Trinajstić information content (AvgIpc) is 2.48. The van der Waals surface area contributed by atoms with E-state index in [0.29, 0.717) is 11.5 Å². The van der Waals surface area contributed by atoms with Gasteiger partial charge in [-0.15, -0.1) is 0 Å². The molecular weight excluding hydrogens is 262 g/mol. The number of rotatable bonds is 10. The largest absolute Gasteiger partial charge is 0.314 e. The van der Waals surface area contributed by atoms with Gasteiger partial charge in [0.15, 0.2) is 0 Å². The first-order valence-electron chi connectivity index (χ1n) is 8.01. The van der Waals surface area contributed by atoms with Gasteiger partial charge in [0, 0.05) is 18.0 Å². The van der Waals surface area contributed by atoms with E-state index in [1.54, 1.807) is 0 Å². The minimum atomic E-state index is 0.291. The fourth-order valence-corrected chi connectivity index (χ4v) is 3.33. The number of hydrogen-bond donors (Lipinski definition) is 1. The highest BCUT2D eigenvalue weighted by molar-refractivity contribution is 7.99. The Morgan fingerprint density at radius 2 is 1.85 bits per heavy atom. The number of hydrogen-bond acceptors (Lipinski definition) is 2. The van der Waals surface area contributed by atoms with Crippen molar-refractivity contribution < 1.29 is 0 Å². The maximum atomic E-state index is 3.67. The van der Waals surface area contributed by atoms with Crippen molar-refractivity contribution in [3.05, 3.63) is 35.9 Å². The summed E-state index contributed by atoms with van der Waals surface area (Å²) in [6.45, 7) is 10.1. The van der Waals surface area contributed by atoms with Gasteiger partial charge >= 0.3 is 0 Å². The van der Waals surface area contributed by atoms with E-state index >= 15 is 0 Å². The standard InChI is InChI=1S/C18H31NS/c1-5-18(15-19-16(3)4,13-10-14-20-6-2)17-11-8-7-9-12-17/h7-9,11-12,16,19H,5-6,10,13-15H2,1-4H3. The zero-order valence-electron chi connectivity index (χ0n) is 13.6. The molecule has 1 aromatic carbocycles. The first-order valence-corrected chi connectivity index (χ1v) is 9.16. The molecule has 0 heterocycles. The van der Waals surface area contributed by atoms with Crippen LogP contribution in [0.5, 0.6) is 0 Å². The summed E-state index contributed by atoms with van der Waals surface area (Å²) in [6, 6.07) is 11.6. The highest BCUT2D eigenvalue weighted by atomic mass is 32.2. The van der Waals surface area contributed by atoms with Crippen LogP contribution in [0.3, 0.4) is 0 Å². The van der Waals surface area contributed by atoms with Crippen molar-refractivity contribution in [3.63, 3.8) is 0 Å². The van der Waals surface area contributed by atoms with Gasteiger partial charge in [-0.1, -0.05) is 58.0 Å². The minimum Gasteiger partial charge on any atom is -0.314 e. The molecule has 2 heteroatoms. The van der Waals surface area contributed by atoms with Crippen molar-refractivity contribution in [2.24, 2.45) is 0 Å². The molecule has 0 fully saturated rings. The lowest BCUT2D eigenvalue weighted by Gasteiger charge is -2.35. The molecular formula is C18H31NS. The third kappa shape index (κ3) is 5.49. The smallest absolute Gasteiger partial charge is 0.00755 e. The molecule has 0 saturated heterocycles. The fraction of sp³-hybridized carbons (Fsp3) is 0.667. The Labute approximate surface area is 129 Å². The van der Waals surface area contributed by atoms with Gasteiger partial charge in [-0.25, -0.2) is 0 Å². The second kappa shape index (κ2) is 9.46. The summed E-state index contributed by atoms with van der Waals surface area (Å²) < 4.78 is 0. The van der Waals surface area contributed by atoms with Crippen LogP contribution < -0.4 is 5.32 Å². The summed E-state index contributed by atoms with van der Waals surface area (Å²) in [5.41, 5.74) is 1.79. The van der Waals surface area contributed by atoms with Gasteiger partial charge in [0.25, 0.3) is 0 Å². The van der Waals surface area contributed by atoms with Crippen LogP contribution in [0.4, 0.5) is 0 Å². The summed E-state index contributed by atoms with van der Waals surface area (Å²) in [7, 11) is 0. The molecule has 1 N–H and O–H groups in total. The van der Waals surface area contributed by atoms with E-state index in [-0.39, 0.29) is 0 Å². The second-order valence-corrected chi connectivity index (χ2v) is 7.23. The van der Waals surface area contributed by atoms with E-state index in [0.717, 1.165) is 6.54 Å². The third-order valence-corrected chi connectivity index (χ3v) is 5.05. The lowest BCUT2D eigenvalue weighted by Crippen LogP contribution is -2.40. The predicted octanol–water partition coefficient (Wildman–Crippen LogP) is 4.87. The Hall–Kier alpha value is -0.470. The van der Waals surface area contributed by atoms with Crippen molar-refractivity contribution in [3.8, 4) is 0 Å². The summed E-state index contributed by atoms with van der Waals surface area (Å²) in [5, 5.41) is 3.67. The van der Waals surface area contributed by atoms with E-state index in [1.165, 1.54) is 36.3 Å². The molecule has 1 rings (SSSR count). The molecule has 0 radical (unpaired) electrons. The van der Waals surface area contributed by atoms with Gasteiger partial charge < -0.3 is 5.32 Å². The van der Waals surface area contributed by atoms with Crippen LogP contribution in [0.15, 0.2) is 30.3 Å². The van der Waals surface area contributed by atoms with Crippen molar-refractivity contribution in [2.75, 3.05) is 18.1 Å². The summed E-state index contributed by atoms with van der Waals surface area (Å²) in [6.07, 6.45) is 3.79. The van der Waals surface area contributed by atoms with Crippen LogP contribution in [0.2, 0.25) is 0 Å². The fourth-order valence-electron chi connectivity index (χ4n) is 2.69. The Kier molecular flexibility index (Phi) is 8.32. The van der Waals surface area contributed by atoms with E-state index < -0.39 is 0 Å². The van der Waals surface area contributed by atoms with Gasteiger partial charge in [-0.3, -0.25) is 0 Å². The van der Waals surface area contributed by atoms with Crippen LogP contribution in [-0.4, -0.2) is 24.1 Å². The third-order valence-electron chi connectivity index (χ3n) is 4.06. The number of nitrogens with one attached hydrogen (secondary N) is 1. The van der Waals surface area contributed by atoms with Gasteiger partial charge in [-0.2, -0.15) is 11.8 Å².